The van der Waals surface area contributed by atoms with Gasteiger partial charge in [0.25, 0.3) is 0 Å². The Morgan fingerprint density at radius 3 is 2.71 bits per heavy atom. The molecule has 0 aliphatic rings. The van der Waals surface area contributed by atoms with E-state index in [9.17, 15) is 0 Å². The summed E-state index contributed by atoms with van der Waals surface area (Å²) in [5, 5.41) is 0. The van der Waals surface area contributed by atoms with Crippen molar-refractivity contribution in [1.82, 2.24) is 0 Å². The highest BCUT2D eigenvalue weighted by Gasteiger charge is 1.97. The molecule has 14 heavy (non-hydrogen) atoms. The summed E-state index contributed by atoms with van der Waals surface area (Å²) in [6.45, 7) is 4.02. The number of halogens is 1. The molecule has 0 unspecified atom stereocenters. The van der Waals surface area contributed by atoms with E-state index in [4.69, 9.17) is 9.47 Å². The van der Waals surface area contributed by atoms with Crippen molar-refractivity contribution in [2.45, 2.75) is 13.5 Å². The third-order valence-electron chi connectivity index (χ3n) is 1.92. The van der Waals surface area contributed by atoms with Gasteiger partial charge in [-0.25, -0.2) is 0 Å². The van der Waals surface area contributed by atoms with Gasteiger partial charge < -0.3 is 9.47 Å². The molecule has 0 fully saturated rings. The Morgan fingerprint density at radius 1 is 1.29 bits per heavy atom. The first-order chi connectivity index (χ1) is 6.74. The van der Waals surface area contributed by atoms with E-state index in [1.807, 2.05) is 6.07 Å². The molecule has 0 heterocycles. The number of aryl methyl sites for hydroxylation is 1. The normalized spacial score (nSPS) is 10.5. The van der Waals surface area contributed by atoms with Crippen molar-refractivity contribution in [3.05, 3.63) is 33.8 Å². The second kappa shape index (κ2) is 6.17. The quantitative estimate of drug-likeness (QED) is 0.757. The van der Waals surface area contributed by atoms with Crippen molar-refractivity contribution in [2.24, 2.45) is 0 Å². The van der Waals surface area contributed by atoms with Gasteiger partial charge in [-0.1, -0.05) is 28.1 Å². The molecule has 0 spiro atoms. The average Bonchev–Trinajstić information content (AvgIpc) is 2.18. The van der Waals surface area contributed by atoms with Crippen LogP contribution < -0.4 is 0 Å². The van der Waals surface area contributed by atoms with Crippen LogP contribution in [0.15, 0.2) is 22.7 Å². The fourth-order valence-electron chi connectivity index (χ4n) is 1.13. The van der Waals surface area contributed by atoms with Crippen molar-refractivity contribution in [3.8, 4) is 0 Å². The van der Waals surface area contributed by atoms with Gasteiger partial charge in [-0.05, 0) is 24.1 Å². The maximum Gasteiger partial charge on any atom is 0.0718 e. The number of ether oxygens (including phenoxy) is 2. The van der Waals surface area contributed by atoms with Gasteiger partial charge in [-0.2, -0.15) is 0 Å². The molecule has 0 saturated carbocycles. The second-order valence-electron chi connectivity index (χ2n) is 3.13. The summed E-state index contributed by atoms with van der Waals surface area (Å²) in [4.78, 5) is 0. The summed E-state index contributed by atoms with van der Waals surface area (Å²) in [5.74, 6) is 0. The van der Waals surface area contributed by atoms with E-state index in [0.717, 1.165) is 4.47 Å². The van der Waals surface area contributed by atoms with Crippen molar-refractivity contribution in [2.75, 3.05) is 20.3 Å². The number of rotatable bonds is 5. The first-order valence-corrected chi connectivity index (χ1v) is 5.35. The van der Waals surface area contributed by atoms with Gasteiger partial charge >= 0.3 is 0 Å². The van der Waals surface area contributed by atoms with Gasteiger partial charge in [-0.3, -0.25) is 0 Å². The second-order valence-corrected chi connectivity index (χ2v) is 3.98. The van der Waals surface area contributed by atoms with E-state index in [2.05, 4.69) is 35.0 Å². The van der Waals surface area contributed by atoms with Crippen molar-refractivity contribution in [3.63, 3.8) is 0 Å². The number of benzene rings is 1. The van der Waals surface area contributed by atoms with Gasteiger partial charge in [0.1, 0.15) is 0 Å². The number of hydrogen-bond acceptors (Lipinski definition) is 2. The topological polar surface area (TPSA) is 18.5 Å². The van der Waals surface area contributed by atoms with Crippen LogP contribution in [0.25, 0.3) is 0 Å². The predicted molar refractivity (Wildman–Crippen MR) is 60.4 cm³/mol. The molecule has 78 valence electrons. The monoisotopic (exact) mass is 258 g/mol. The molecule has 0 aromatic heterocycles. The molecule has 0 saturated heterocycles. The molecule has 0 aliphatic heterocycles. The molecule has 2 nitrogen and oxygen atoms in total. The minimum Gasteiger partial charge on any atom is -0.382 e. The molecular weight excluding hydrogens is 244 g/mol. The predicted octanol–water partition coefficient (Wildman–Crippen LogP) is 2.92. The third-order valence-corrected chi connectivity index (χ3v) is 2.81. The van der Waals surface area contributed by atoms with Crippen LogP contribution in [0.1, 0.15) is 11.1 Å². The molecule has 0 N–H and O–H groups in total. The van der Waals surface area contributed by atoms with Crippen LogP contribution in [-0.4, -0.2) is 20.3 Å². The van der Waals surface area contributed by atoms with E-state index in [-0.39, 0.29) is 0 Å². The Kier molecular flexibility index (Phi) is 5.15. The molecule has 0 radical (unpaired) electrons. The summed E-state index contributed by atoms with van der Waals surface area (Å²) in [5.41, 5.74) is 2.43. The maximum atomic E-state index is 5.41. The molecule has 0 bridgehead atoms. The zero-order valence-corrected chi connectivity index (χ0v) is 10.1. The lowest BCUT2D eigenvalue weighted by Gasteiger charge is -2.05. The van der Waals surface area contributed by atoms with Crippen LogP contribution in [0.5, 0.6) is 0 Å². The number of methoxy groups -OCH3 is 1. The smallest absolute Gasteiger partial charge is 0.0718 e. The van der Waals surface area contributed by atoms with Crippen LogP contribution in [0.4, 0.5) is 0 Å². The molecule has 1 aromatic carbocycles. The molecule has 0 aliphatic carbocycles. The van der Waals surface area contributed by atoms with Gasteiger partial charge in [-0.15, -0.1) is 0 Å². The summed E-state index contributed by atoms with van der Waals surface area (Å²) in [6, 6.07) is 6.23. The number of hydrogen-bond donors (Lipinski definition) is 0. The first kappa shape index (κ1) is 11.7. The fraction of sp³-hybridized carbons (Fsp3) is 0.455. The van der Waals surface area contributed by atoms with Gasteiger partial charge in [0.15, 0.2) is 0 Å². The SMILES string of the molecule is COCCOCc1ccc(Br)c(C)c1. The average molecular weight is 259 g/mol. The Balaban J connectivity index is 2.39. The lowest BCUT2D eigenvalue weighted by molar-refractivity contribution is 0.0616. The summed E-state index contributed by atoms with van der Waals surface area (Å²) < 4.78 is 11.4. The van der Waals surface area contributed by atoms with Gasteiger partial charge in [0.05, 0.1) is 19.8 Å². The third kappa shape index (κ3) is 3.78. The van der Waals surface area contributed by atoms with E-state index in [1.165, 1.54) is 11.1 Å². The molecule has 0 amide bonds. The Bertz CT molecular complexity index is 287. The zero-order valence-electron chi connectivity index (χ0n) is 8.55. The van der Waals surface area contributed by atoms with E-state index in [1.54, 1.807) is 7.11 Å². The van der Waals surface area contributed by atoms with E-state index >= 15 is 0 Å². The van der Waals surface area contributed by atoms with Crippen molar-refractivity contribution >= 4 is 15.9 Å². The molecule has 1 aromatic rings. The fourth-order valence-corrected chi connectivity index (χ4v) is 1.38. The Morgan fingerprint density at radius 2 is 2.07 bits per heavy atom. The van der Waals surface area contributed by atoms with E-state index in [0.29, 0.717) is 19.8 Å². The minimum absolute atomic E-state index is 0.644. The Labute approximate surface area is 93.4 Å². The largest absolute Gasteiger partial charge is 0.382 e. The molecule has 3 heteroatoms. The Hall–Kier alpha value is -0.380. The zero-order chi connectivity index (χ0) is 10.4. The van der Waals surface area contributed by atoms with Crippen molar-refractivity contribution in [1.29, 1.82) is 0 Å². The van der Waals surface area contributed by atoms with Crippen LogP contribution in [-0.2, 0) is 16.1 Å². The highest BCUT2D eigenvalue weighted by atomic mass is 79.9. The summed E-state index contributed by atoms with van der Waals surface area (Å²) in [6.07, 6.45) is 0. The lowest BCUT2D eigenvalue weighted by atomic mass is 10.1. The van der Waals surface area contributed by atoms with Crippen LogP contribution >= 0.6 is 15.9 Å². The molecule has 0 atom stereocenters. The van der Waals surface area contributed by atoms with Gasteiger partial charge in [0.2, 0.25) is 0 Å². The summed E-state index contributed by atoms with van der Waals surface area (Å²) >= 11 is 3.46. The van der Waals surface area contributed by atoms with E-state index < -0.39 is 0 Å². The van der Waals surface area contributed by atoms with Crippen LogP contribution in [0, 0.1) is 6.92 Å². The summed E-state index contributed by atoms with van der Waals surface area (Å²) in [7, 11) is 1.67. The van der Waals surface area contributed by atoms with Gasteiger partial charge in [0, 0.05) is 11.6 Å². The molecule has 1 rings (SSSR count). The first-order valence-electron chi connectivity index (χ1n) is 4.55. The highest BCUT2D eigenvalue weighted by molar-refractivity contribution is 9.10. The molecular formula is C11H15BrO2. The van der Waals surface area contributed by atoms with Crippen molar-refractivity contribution < 1.29 is 9.47 Å². The minimum atomic E-state index is 0.644. The highest BCUT2D eigenvalue weighted by Crippen LogP contribution is 2.17. The lowest BCUT2D eigenvalue weighted by Crippen LogP contribution is -2.01. The maximum absolute atomic E-state index is 5.41. The van der Waals surface area contributed by atoms with Crippen LogP contribution in [0.3, 0.4) is 0 Å². The van der Waals surface area contributed by atoms with Crippen LogP contribution in [0.2, 0.25) is 0 Å². The standard InChI is InChI=1S/C11H15BrO2/c1-9-7-10(3-4-11(9)12)8-14-6-5-13-2/h3-4,7H,5-6,8H2,1-2H3.